The standard InChI is InChI=1S/C19H18F2N6/c20-14-4-3-5-15(21)19(14)25-16-12-18(24-13-23-16)27-10-8-26(9-11-27)17-6-1-2-7-22-17/h1-7,12-13H,8-11H2,(H,23,24,25). The normalized spacial score (nSPS) is 14.3. The molecule has 0 radical (unpaired) electrons. The average Bonchev–Trinajstić information content (AvgIpc) is 2.72. The molecular formula is C19H18F2N6. The summed E-state index contributed by atoms with van der Waals surface area (Å²) >= 11 is 0. The number of rotatable bonds is 4. The Morgan fingerprint density at radius 3 is 2.15 bits per heavy atom. The van der Waals surface area contributed by atoms with E-state index < -0.39 is 11.6 Å². The van der Waals surface area contributed by atoms with Crippen molar-refractivity contribution in [2.24, 2.45) is 0 Å². The van der Waals surface area contributed by atoms with Gasteiger partial charge in [-0.2, -0.15) is 0 Å². The van der Waals surface area contributed by atoms with Crippen molar-refractivity contribution >= 4 is 23.1 Å². The Kier molecular flexibility index (Phi) is 4.78. The lowest BCUT2D eigenvalue weighted by Gasteiger charge is -2.36. The molecular weight excluding hydrogens is 350 g/mol. The highest BCUT2D eigenvalue weighted by Crippen LogP contribution is 2.24. The molecule has 0 bridgehead atoms. The van der Waals surface area contributed by atoms with Crippen molar-refractivity contribution in [3.05, 3.63) is 66.6 Å². The van der Waals surface area contributed by atoms with Crippen LogP contribution in [0.3, 0.4) is 0 Å². The van der Waals surface area contributed by atoms with Crippen LogP contribution < -0.4 is 15.1 Å². The SMILES string of the molecule is Fc1cccc(F)c1Nc1cc(N2CCN(c3ccccn3)CC2)ncn1. The molecule has 3 aromatic rings. The van der Waals surface area contributed by atoms with E-state index in [1.54, 1.807) is 12.3 Å². The maximum atomic E-state index is 13.8. The topological polar surface area (TPSA) is 57.2 Å². The van der Waals surface area contributed by atoms with Crippen molar-refractivity contribution < 1.29 is 8.78 Å². The van der Waals surface area contributed by atoms with Gasteiger partial charge >= 0.3 is 0 Å². The molecule has 3 heterocycles. The van der Waals surface area contributed by atoms with Crippen LogP contribution in [0.4, 0.5) is 31.9 Å². The van der Waals surface area contributed by atoms with Gasteiger partial charge in [0.1, 0.15) is 41.1 Å². The number of anilines is 4. The summed E-state index contributed by atoms with van der Waals surface area (Å²) in [7, 11) is 0. The number of piperazine rings is 1. The van der Waals surface area contributed by atoms with E-state index in [2.05, 4.69) is 30.1 Å². The van der Waals surface area contributed by atoms with Crippen LogP contribution in [0.25, 0.3) is 0 Å². The highest BCUT2D eigenvalue weighted by molar-refractivity contribution is 5.60. The van der Waals surface area contributed by atoms with Gasteiger partial charge in [0.15, 0.2) is 0 Å². The lowest BCUT2D eigenvalue weighted by atomic mass is 10.2. The van der Waals surface area contributed by atoms with Crippen LogP contribution >= 0.6 is 0 Å². The van der Waals surface area contributed by atoms with Crippen molar-refractivity contribution in [3.8, 4) is 0 Å². The van der Waals surface area contributed by atoms with Crippen molar-refractivity contribution in [3.63, 3.8) is 0 Å². The molecule has 1 aromatic carbocycles. The lowest BCUT2D eigenvalue weighted by Crippen LogP contribution is -2.47. The third-order valence-electron chi connectivity index (χ3n) is 4.45. The fourth-order valence-corrected chi connectivity index (χ4v) is 3.04. The predicted molar refractivity (Wildman–Crippen MR) is 100 cm³/mol. The third-order valence-corrected chi connectivity index (χ3v) is 4.45. The van der Waals surface area contributed by atoms with Gasteiger partial charge in [0.2, 0.25) is 0 Å². The van der Waals surface area contributed by atoms with E-state index in [0.717, 1.165) is 32.0 Å². The zero-order valence-corrected chi connectivity index (χ0v) is 14.5. The van der Waals surface area contributed by atoms with E-state index in [-0.39, 0.29) is 5.69 Å². The molecule has 2 aromatic heterocycles. The molecule has 0 saturated carbocycles. The van der Waals surface area contributed by atoms with Gasteiger partial charge in [0.25, 0.3) is 0 Å². The Hall–Kier alpha value is -3.29. The van der Waals surface area contributed by atoms with E-state index in [1.807, 2.05) is 18.2 Å². The molecule has 8 heteroatoms. The Morgan fingerprint density at radius 1 is 0.778 bits per heavy atom. The van der Waals surface area contributed by atoms with Crippen LogP contribution in [0, 0.1) is 11.6 Å². The summed E-state index contributed by atoms with van der Waals surface area (Å²) in [6.45, 7) is 3.15. The number of hydrogen-bond acceptors (Lipinski definition) is 6. The molecule has 1 aliphatic heterocycles. The zero-order valence-electron chi connectivity index (χ0n) is 14.5. The van der Waals surface area contributed by atoms with Gasteiger partial charge < -0.3 is 15.1 Å². The number of pyridine rings is 1. The molecule has 0 atom stereocenters. The minimum atomic E-state index is -0.667. The minimum absolute atomic E-state index is 0.220. The molecule has 4 rings (SSSR count). The second-order valence-electron chi connectivity index (χ2n) is 6.15. The highest BCUT2D eigenvalue weighted by Gasteiger charge is 2.19. The van der Waals surface area contributed by atoms with Crippen molar-refractivity contribution in [1.29, 1.82) is 0 Å². The Morgan fingerprint density at radius 2 is 1.48 bits per heavy atom. The van der Waals surface area contributed by atoms with Crippen LogP contribution in [0.15, 0.2) is 55.0 Å². The number of aromatic nitrogens is 3. The zero-order chi connectivity index (χ0) is 18.6. The second-order valence-corrected chi connectivity index (χ2v) is 6.15. The Balaban J connectivity index is 1.46. The molecule has 0 unspecified atom stereocenters. The maximum absolute atomic E-state index is 13.8. The van der Waals surface area contributed by atoms with E-state index in [1.165, 1.54) is 24.5 Å². The Labute approximate surface area is 155 Å². The number of hydrogen-bond donors (Lipinski definition) is 1. The minimum Gasteiger partial charge on any atom is -0.353 e. The van der Waals surface area contributed by atoms with Gasteiger partial charge in [-0.05, 0) is 24.3 Å². The molecule has 1 fully saturated rings. The number of para-hydroxylation sites is 1. The van der Waals surface area contributed by atoms with Gasteiger partial charge in [0.05, 0.1) is 0 Å². The smallest absolute Gasteiger partial charge is 0.149 e. The van der Waals surface area contributed by atoms with Gasteiger partial charge in [-0.1, -0.05) is 12.1 Å². The summed E-state index contributed by atoms with van der Waals surface area (Å²) in [5.74, 6) is 0.677. The molecule has 1 aliphatic rings. The first-order valence-electron chi connectivity index (χ1n) is 8.65. The summed E-state index contributed by atoms with van der Waals surface area (Å²) in [5, 5.41) is 2.71. The fraction of sp³-hybridized carbons (Fsp3) is 0.211. The third kappa shape index (κ3) is 3.79. The monoisotopic (exact) mass is 368 g/mol. The van der Waals surface area contributed by atoms with E-state index >= 15 is 0 Å². The summed E-state index contributed by atoms with van der Waals surface area (Å²) in [6, 6.07) is 11.3. The van der Waals surface area contributed by atoms with Crippen LogP contribution in [0.2, 0.25) is 0 Å². The number of nitrogens with zero attached hydrogens (tertiary/aromatic N) is 5. The van der Waals surface area contributed by atoms with Crippen LogP contribution in [-0.4, -0.2) is 41.1 Å². The number of benzene rings is 1. The van der Waals surface area contributed by atoms with Gasteiger partial charge in [0, 0.05) is 38.4 Å². The van der Waals surface area contributed by atoms with Crippen molar-refractivity contribution in [2.75, 3.05) is 41.3 Å². The summed E-state index contributed by atoms with van der Waals surface area (Å²) in [5.41, 5.74) is -0.220. The number of halogens is 2. The predicted octanol–water partition coefficient (Wildman–Crippen LogP) is 3.22. The molecule has 1 N–H and O–H groups in total. The maximum Gasteiger partial charge on any atom is 0.149 e. The van der Waals surface area contributed by atoms with Crippen molar-refractivity contribution in [1.82, 2.24) is 15.0 Å². The van der Waals surface area contributed by atoms with Crippen LogP contribution in [0.5, 0.6) is 0 Å². The van der Waals surface area contributed by atoms with E-state index in [0.29, 0.717) is 11.6 Å². The largest absolute Gasteiger partial charge is 0.353 e. The van der Waals surface area contributed by atoms with Crippen LogP contribution in [-0.2, 0) is 0 Å². The molecule has 0 amide bonds. The van der Waals surface area contributed by atoms with Gasteiger partial charge in [-0.25, -0.2) is 23.7 Å². The Bertz CT molecular complexity index is 893. The summed E-state index contributed by atoms with van der Waals surface area (Å²) in [4.78, 5) is 17.1. The molecule has 6 nitrogen and oxygen atoms in total. The fourth-order valence-electron chi connectivity index (χ4n) is 3.04. The first-order valence-corrected chi connectivity index (χ1v) is 8.65. The quantitative estimate of drug-likeness (QED) is 0.763. The molecule has 0 aliphatic carbocycles. The summed E-state index contributed by atoms with van der Waals surface area (Å²) < 4.78 is 27.7. The van der Waals surface area contributed by atoms with Crippen LogP contribution in [0.1, 0.15) is 0 Å². The number of nitrogens with one attached hydrogen (secondary N) is 1. The molecule has 27 heavy (non-hydrogen) atoms. The second kappa shape index (κ2) is 7.53. The first kappa shape index (κ1) is 17.1. The average molecular weight is 368 g/mol. The van der Waals surface area contributed by atoms with Gasteiger partial charge in [-0.3, -0.25) is 0 Å². The summed E-state index contributed by atoms with van der Waals surface area (Å²) in [6.07, 6.45) is 3.17. The highest BCUT2D eigenvalue weighted by atomic mass is 19.1. The molecule has 1 saturated heterocycles. The van der Waals surface area contributed by atoms with E-state index in [9.17, 15) is 8.78 Å². The molecule has 0 spiro atoms. The van der Waals surface area contributed by atoms with Crippen molar-refractivity contribution in [2.45, 2.75) is 0 Å². The molecule has 138 valence electrons. The van der Waals surface area contributed by atoms with Gasteiger partial charge in [-0.15, -0.1) is 0 Å². The first-order chi connectivity index (χ1) is 13.2. The lowest BCUT2D eigenvalue weighted by molar-refractivity contribution is 0.590. The van der Waals surface area contributed by atoms with E-state index in [4.69, 9.17) is 0 Å².